The largest absolute Gasteiger partial charge is 0.298 e. The van der Waals surface area contributed by atoms with E-state index < -0.39 is 0 Å². The first-order valence-corrected chi connectivity index (χ1v) is 12.5. The van der Waals surface area contributed by atoms with Gasteiger partial charge in [-0.3, -0.25) is 4.40 Å². The lowest BCUT2D eigenvalue weighted by Crippen LogP contribution is -1.94. The van der Waals surface area contributed by atoms with Crippen molar-refractivity contribution in [1.82, 2.24) is 9.38 Å². The molecule has 5 aromatic carbocycles. The highest BCUT2D eigenvalue weighted by molar-refractivity contribution is 6.25. The summed E-state index contributed by atoms with van der Waals surface area (Å²) in [6.45, 7) is 4.47. The second-order valence-electron chi connectivity index (χ2n) is 9.37. The van der Waals surface area contributed by atoms with Crippen molar-refractivity contribution in [3.63, 3.8) is 0 Å². The molecule has 168 valence electrons. The van der Waals surface area contributed by atoms with E-state index in [1.807, 2.05) is 0 Å². The lowest BCUT2D eigenvalue weighted by molar-refractivity contribution is 1.09. The lowest BCUT2D eigenvalue weighted by atomic mass is 9.95. The zero-order valence-electron chi connectivity index (χ0n) is 20.0. The van der Waals surface area contributed by atoms with Gasteiger partial charge in [-0.25, -0.2) is 4.98 Å². The highest BCUT2D eigenvalue weighted by atomic mass is 15.0. The lowest BCUT2D eigenvalue weighted by Gasteiger charge is -2.13. The molecule has 0 spiro atoms. The highest BCUT2D eigenvalue weighted by Crippen LogP contribution is 2.39. The quantitative estimate of drug-likeness (QED) is 0.246. The summed E-state index contributed by atoms with van der Waals surface area (Å²) in [6.07, 6.45) is 4.26. The topological polar surface area (TPSA) is 17.3 Å². The Bertz CT molecular complexity index is 1900. The molecule has 2 heteroatoms. The van der Waals surface area contributed by atoms with Gasteiger partial charge in [0.15, 0.2) is 0 Å². The van der Waals surface area contributed by atoms with Gasteiger partial charge in [0, 0.05) is 27.9 Å². The predicted molar refractivity (Wildman–Crippen MR) is 149 cm³/mol. The fourth-order valence-electron chi connectivity index (χ4n) is 5.89. The number of pyridine rings is 1. The molecule has 2 nitrogen and oxygen atoms in total. The molecule has 0 amide bonds. The zero-order chi connectivity index (χ0) is 23.5. The van der Waals surface area contributed by atoms with Crippen molar-refractivity contribution in [2.75, 3.05) is 0 Å². The Balaban J connectivity index is 1.74. The van der Waals surface area contributed by atoms with Crippen LogP contribution in [0.15, 0.2) is 97.2 Å². The van der Waals surface area contributed by atoms with Gasteiger partial charge in [0.2, 0.25) is 0 Å². The molecule has 0 atom stereocenters. The van der Waals surface area contributed by atoms with Gasteiger partial charge in [-0.05, 0) is 45.5 Å². The normalized spacial score (nSPS) is 11.9. The minimum absolute atomic E-state index is 0.992. The summed E-state index contributed by atoms with van der Waals surface area (Å²) in [5, 5.41) is 8.80. The Morgan fingerprint density at radius 2 is 1.26 bits per heavy atom. The Labute approximate surface area is 204 Å². The van der Waals surface area contributed by atoms with E-state index in [2.05, 4.69) is 115 Å². The van der Waals surface area contributed by atoms with Crippen molar-refractivity contribution in [2.24, 2.45) is 0 Å². The van der Waals surface area contributed by atoms with Crippen LogP contribution in [0.25, 0.3) is 60.1 Å². The van der Waals surface area contributed by atoms with Gasteiger partial charge >= 0.3 is 0 Å². The van der Waals surface area contributed by atoms with E-state index in [9.17, 15) is 0 Å². The van der Waals surface area contributed by atoms with E-state index in [0.717, 1.165) is 24.2 Å². The molecule has 7 aromatic rings. The molecule has 35 heavy (non-hydrogen) atoms. The number of benzene rings is 5. The maximum Gasteiger partial charge on any atom is 0.145 e. The molecule has 0 fully saturated rings. The van der Waals surface area contributed by atoms with E-state index >= 15 is 0 Å². The number of hydrogen-bond acceptors (Lipinski definition) is 1. The molecule has 0 aliphatic rings. The summed E-state index contributed by atoms with van der Waals surface area (Å²) in [6, 6.07) is 33.1. The first kappa shape index (κ1) is 20.2. The second-order valence-corrected chi connectivity index (χ2v) is 9.37. The average Bonchev–Trinajstić information content (AvgIpc) is 3.37. The summed E-state index contributed by atoms with van der Waals surface area (Å²) >= 11 is 0. The van der Waals surface area contributed by atoms with Crippen LogP contribution in [0.5, 0.6) is 0 Å². The van der Waals surface area contributed by atoms with Gasteiger partial charge in [-0.15, -0.1) is 0 Å². The third-order valence-corrected chi connectivity index (χ3v) is 7.54. The van der Waals surface area contributed by atoms with Gasteiger partial charge in [-0.2, -0.15) is 0 Å². The number of nitrogens with zero attached hydrogens (tertiary/aromatic N) is 2. The van der Waals surface area contributed by atoms with Crippen LogP contribution in [0.1, 0.15) is 25.0 Å². The Morgan fingerprint density at radius 3 is 2.03 bits per heavy atom. The van der Waals surface area contributed by atoms with Crippen LogP contribution in [-0.4, -0.2) is 9.38 Å². The maximum atomic E-state index is 5.33. The number of aryl methyl sites for hydroxylation is 2. The van der Waals surface area contributed by atoms with E-state index in [-0.39, 0.29) is 0 Å². The van der Waals surface area contributed by atoms with Crippen molar-refractivity contribution >= 4 is 48.9 Å². The molecule has 0 aliphatic carbocycles. The van der Waals surface area contributed by atoms with Gasteiger partial charge in [-0.1, -0.05) is 105 Å². The summed E-state index contributed by atoms with van der Waals surface area (Å²) in [5.41, 5.74) is 7.33. The van der Waals surface area contributed by atoms with Crippen molar-refractivity contribution < 1.29 is 0 Å². The average molecular weight is 451 g/mol. The van der Waals surface area contributed by atoms with Crippen molar-refractivity contribution in [3.8, 4) is 11.3 Å². The molecule has 0 N–H and O–H groups in total. The van der Waals surface area contributed by atoms with Gasteiger partial charge in [0.1, 0.15) is 5.65 Å². The first-order valence-electron chi connectivity index (χ1n) is 12.5. The Kier molecular flexibility index (Phi) is 4.44. The molecule has 2 heterocycles. The zero-order valence-corrected chi connectivity index (χ0v) is 20.0. The van der Waals surface area contributed by atoms with Gasteiger partial charge in [0.05, 0.1) is 11.2 Å². The highest BCUT2D eigenvalue weighted by Gasteiger charge is 2.18. The van der Waals surface area contributed by atoms with Crippen LogP contribution >= 0.6 is 0 Å². The third kappa shape index (κ3) is 2.86. The minimum atomic E-state index is 0.992. The third-order valence-electron chi connectivity index (χ3n) is 7.54. The predicted octanol–water partition coefficient (Wildman–Crippen LogP) is 8.74. The molecule has 0 unspecified atom stereocenters. The molecule has 0 saturated heterocycles. The number of imidazole rings is 1. The van der Waals surface area contributed by atoms with E-state index in [1.165, 1.54) is 59.9 Å². The molecule has 0 aliphatic heterocycles. The van der Waals surface area contributed by atoms with E-state index in [0.29, 0.717) is 0 Å². The number of rotatable bonds is 3. The summed E-state index contributed by atoms with van der Waals surface area (Å²) in [7, 11) is 0. The standard InChI is InChI=1S/C33H26N2/c1-3-21-11-9-12-22(4-2)30(21)29-20-35-32-27(26-14-7-8-15-28(26)33(35)34-29)19-18-24-17-16-23-10-5-6-13-25(23)31(24)32/h5-20H,3-4H2,1-2H3. The minimum Gasteiger partial charge on any atom is -0.298 e. The molecule has 0 radical (unpaired) electrons. The molecular weight excluding hydrogens is 424 g/mol. The van der Waals surface area contributed by atoms with Crippen LogP contribution in [0.4, 0.5) is 0 Å². The van der Waals surface area contributed by atoms with Crippen molar-refractivity contribution in [1.29, 1.82) is 0 Å². The Hall–Kier alpha value is -4.17. The first-order chi connectivity index (χ1) is 17.3. The second kappa shape index (κ2) is 7.68. The SMILES string of the molecule is CCc1cccc(CC)c1-c1cn2c(n1)c1ccccc1c1ccc3ccc4ccccc4c3c12. The summed E-state index contributed by atoms with van der Waals surface area (Å²) < 4.78 is 2.35. The van der Waals surface area contributed by atoms with Crippen molar-refractivity contribution in [2.45, 2.75) is 26.7 Å². The summed E-state index contributed by atoms with van der Waals surface area (Å²) in [4.78, 5) is 5.33. The number of fused-ring (bicyclic) bond motifs is 10. The summed E-state index contributed by atoms with van der Waals surface area (Å²) in [5.74, 6) is 0. The monoisotopic (exact) mass is 450 g/mol. The molecule has 0 saturated carbocycles. The maximum absolute atomic E-state index is 5.33. The van der Waals surface area contributed by atoms with Crippen LogP contribution in [-0.2, 0) is 12.8 Å². The number of hydrogen-bond donors (Lipinski definition) is 0. The molecule has 7 rings (SSSR count). The van der Waals surface area contributed by atoms with E-state index in [1.54, 1.807) is 0 Å². The fraction of sp³-hybridized carbons (Fsp3) is 0.121. The van der Waals surface area contributed by atoms with Crippen LogP contribution < -0.4 is 0 Å². The van der Waals surface area contributed by atoms with Gasteiger partial charge < -0.3 is 0 Å². The Morgan fingerprint density at radius 1 is 0.600 bits per heavy atom. The van der Waals surface area contributed by atoms with Crippen LogP contribution in [0, 0.1) is 0 Å². The molecular formula is C33H26N2. The molecule has 2 aromatic heterocycles. The van der Waals surface area contributed by atoms with Crippen LogP contribution in [0.2, 0.25) is 0 Å². The van der Waals surface area contributed by atoms with Crippen molar-refractivity contribution in [3.05, 3.63) is 108 Å². The molecule has 0 bridgehead atoms. The fourth-order valence-corrected chi connectivity index (χ4v) is 5.89. The smallest absolute Gasteiger partial charge is 0.145 e. The van der Waals surface area contributed by atoms with Crippen LogP contribution in [0.3, 0.4) is 0 Å². The number of aromatic nitrogens is 2. The van der Waals surface area contributed by atoms with E-state index in [4.69, 9.17) is 4.98 Å². The van der Waals surface area contributed by atoms with Gasteiger partial charge in [0.25, 0.3) is 0 Å².